The van der Waals surface area contributed by atoms with Gasteiger partial charge in [0.1, 0.15) is 11.5 Å². The third-order valence-electron chi connectivity index (χ3n) is 5.55. The van der Waals surface area contributed by atoms with Gasteiger partial charge in [-0.25, -0.2) is 4.98 Å². The van der Waals surface area contributed by atoms with E-state index in [0.717, 1.165) is 59.6 Å². The van der Waals surface area contributed by atoms with Gasteiger partial charge in [0.05, 0.1) is 29.7 Å². The van der Waals surface area contributed by atoms with Gasteiger partial charge in [0.25, 0.3) is 0 Å². The molecular weight excluding hydrogens is 336 g/mol. The second kappa shape index (κ2) is 6.13. The first-order valence-corrected chi connectivity index (χ1v) is 9.28. The molecule has 4 aromatic rings. The second-order valence-corrected chi connectivity index (χ2v) is 7.15. The molecule has 1 saturated heterocycles. The summed E-state index contributed by atoms with van der Waals surface area (Å²) in [6, 6.07) is 15.1. The van der Waals surface area contributed by atoms with Crippen molar-refractivity contribution < 1.29 is 0 Å². The minimum absolute atomic E-state index is 0.177. The Morgan fingerprint density at radius 3 is 2.78 bits per heavy atom. The number of nitrogens with zero attached hydrogens (tertiary/aromatic N) is 6. The number of aryl methyl sites for hydroxylation is 1. The number of aromatic nitrogens is 4. The van der Waals surface area contributed by atoms with Gasteiger partial charge < -0.3 is 4.90 Å². The van der Waals surface area contributed by atoms with E-state index in [0.29, 0.717) is 0 Å². The van der Waals surface area contributed by atoms with Crippen molar-refractivity contribution in [1.29, 1.82) is 5.26 Å². The van der Waals surface area contributed by atoms with Crippen LogP contribution in [0, 0.1) is 17.2 Å². The Kier molecular flexibility index (Phi) is 3.61. The molecular formula is C21H20N6. The van der Waals surface area contributed by atoms with Crippen molar-refractivity contribution in [3.05, 3.63) is 48.8 Å². The van der Waals surface area contributed by atoms with Crippen LogP contribution in [0.4, 0.5) is 5.82 Å². The number of anilines is 1. The van der Waals surface area contributed by atoms with E-state index in [-0.39, 0.29) is 5.92 Å². The van der Waals surface area contributed by atoms with Gasteiger partial charge in [-0.1, -0.05) is 12.1 Å². The number of hydrogen-bond acceptors (Lipinski definition) is 4. The lowest BCUT2D eigenvalue weighted by Crippen LogP contribution is -2.34. The van der Waals surface area contributed by atoms with E-state index in [1.54, 1.807) is 0 Å². The van der Waals surface area contributed by atoms with Crippen LogP contribution in [-0.4, -0.2) is 32.3 Å². The van der Waals surface area contributed by atoms with E-state index in [4.69, 9.17) is 0 Å². The van der Waals surface area contributed by atoms with Crippen LogP contribution in [0.1, 0.15) is 12.8 Å². The lowest BCUT2D eigenvalue weighted by Gasteiger charge is -2.31. The molecule has 6 heteroatoms. The molecule has 0 saturated carbocycles. The third-order valence-corrected chi connectivity index (χ3v) is 5.55. The second-order valence-electron chi connectivity index (χ2n) is 7.15. The molecule has 5 rings (SSSR count). The highest BCUT2D eigenvalue weighted by atomic mass is 15.3. The zero-order valence-corrected chi connectivity index (χ0v) is 15.2. The van der Waals surface area contributed by atoms with Crippen LogP contribution in [0.25, 0.3) is 27.8 Å². The van der Waals surface area contributed by atoms with Crippen molar-refractivity contribution >= 4 is 22.4 Å². The van der Waals surface area contributed by atoms with Crippen LogP contribution < -0.4 is 4.90 Å². The largest absolute Gasteiger partial charge is 0.358 e. The predicted octanol–water partition coefficient (Wildman–Crippen LogP) is 3.63. The molecule has 0 unspecified atom stereocenters. The number of rotatable bonds is 2. The predicted molar refractivity (Wildman–Crippen MR) is 105 cm³/mol. The normalized spacial score (nSPS) is 15.5. The van der Waals surface area contributed by atoms with Crippen LogP contribution in [0.3, 0.4) is 0 Å². The van der Waals surface area contributed by atoms with Crippen molar-refractivity contribution in [2.75, 3.05) is 18.0 Å². The molecule has 0 radical (unpaired) electrons. The standard InChI is InChI=1S/C21H20N6/c1-25-18-6-5-16(11-17(18)13-24-25)19-14-23-20-3-2-4-21(27(19)20)26-9-7-15(12-22)8-10-26/h2-6,11,13-15H,7-10H2,1H3. The Morgan fingerprint density at radius 2 is 1.96 bits per heavy atom. The number of imidazole rings is 1. The molecule has 3 aromatic heterocycles. The third kappa shape index (κ3) is 2.55. The van der Waals surface area contributed by atoms with E-state index in [1.807, 2.05) is 30.2 Å². The van der Waals surface area contributed by atoms with Crippen molar-refractivity contribution in [2.45, 2.75) is 12.8 Å². The average Bonchev–Trinajstić information content (AvgIpc) is 3.31. The lowest BCUT2D eigenvalue weighted by atomic mass is 9.98. The summed E-state index contributed by atoms with van der Waals surface area (Å²) in [6.07, 6.45) is 5.67. The maximum atomic E-state index is 9.18. The zero-order chi connectivity index (χ0) is 18.4. The number of benzene rings is 1. The molecule has 0 amide bonds. The Balaban J connectivity index is 1.62. The van der Waals surface area contributed by atoms with Crippen LogP contribution in [0.5, 0.6) is 0 Å². The first-order valence-electron chi connectivity index (χ1n) is 9.28. The molecule has 1 aliphatic heterocycles. The quantitative estimate of drug-likeness (QED) is 0.550. The Bertz CT molecular complexity index is 1170. The highest BCUT2D eigenvalue weighted by molar-refractivity contribution is 5.84. The van der Waals surface area contributed by atoms with Gasteiger partial charge in [-0.15, -0.1) is 0 Å². The fourth-order valence-electron chi connectivity index (χ4n) is 4.03. The SMILES string of the molecule is Cn1ncc2cc(-c3cnc4cccc(N5CCC(C#N)CC5)n34)ccc21. The molecule has 1 aliphatic rings. The van der Waals surface area contributed by atoms with E-state index < -0.39 is 0 Å². The summed E-state index contributed by atoms with van der Waals surface area (Å²) in [7, 11) is 1.96. The number of piperidine rings is 1. The lowest BCUT2D eigenvalue weighted by molar-refractivity contribution is 0.484. The van der Waals surface area contributed by atoms with Gasteiger partial charge in [-0.05, 0) is 37.1 Å². The molecule has 1 fully saturated rings. The highest BCUT2D eigenvalue weighted by Crippen LogP contribution is 2.30. The smallest absolute Gasteiger partial charge is 0.138 e. The molecule has 0 aliphatic carbocycles. The van der Waals surface area contributed by atoms with Crippen molar-refractivity contribution in [2.24, 2.45) is 13.0 Å². The first kappa shape index (κ1) is 15.9. The number of nitriles is 1. The van der Waals surface area contributed by atoms with Crippen molar-refractivity contribution in [3.8, 4) is 17.3 Å². The van der Waals surface area contributed by atoms with Gasteiger partial charge in [0.15, 0.2) is 0 Å². The van der Waals surface area contributed by atoms with Gasteiger partial charge in [-0.2, -0.15) is 10.4 Å². The molecule has 0 atom stereocenters. The minimum Gasteiger partial charge on any atom is -0.358 e. The van der Waals surface area contributed by atoms with Crippen molar-refractivity contribution in [3.63, 3.8) is 0 Å². The highest BCUT2D eigenvalue weighted by Gasteiger charge is 2.21. The molecule has 27 heavy (non-hydrogen) atoms. The summed E-state index contributed by atoms with van der Waals surface area (Å²) in [6.45, 7) is 1.80. The van der Waals surface area contributed by atoms with Gasteiger partial charge in [-0.3, -0.25) is 9.08 Å². The minimum atomic E-state index is 0.177. The number of hydrogen-bond donors (Lipinski definition) is 0. The molecule has 1 aromatic carbocycles. The Hall–Kier alpha value is -3.33. The summed E-state index contributed by atoms with van der Waals surface area (Å²) in [4.78, 5) is 7.00. The first-order chi connectivity index (χ1) is 13.2. The summed E-state index contributed by atoms with van der Waals surface area (Å²) in [5, 5.41) is 14.6. The molecule has 6 nitrogen and oxygen atoms in total. The van der Waals surface area contributed by atoms with Gasteiger partial charge in [0, 0.05) is 37.0 Å². The summed E-state index contributed by atoms with van der Waals surface area (Å²) in [5.41, 5.74) is 4.26. The maximum absolute atomic E-state index is 9.18. The van der Waals surface area contributed by atoms with Crippen LogP contribution in [0.2, 0.25) is 0 Å². The Labute approximate surface area is 157 Å². The van der Waals surface area contributed by atoms with Gasteiger partial charge in [0.2, 0.25) is 0 Å². The van der Waals surface area contributed by atoms with Crippen LogP contribution in [-0.2, 0) is 7.05 Å². The molecule has 134 valence electrons. The van der Waals surface area contributed by atoms with E-state index >= 15 is 0 Å². The number of pyridine rings is 1. The summed E-state index contributed by atoms with van der Waals surface area (Å²) in [5.74, 6) is 1.32. The molecule has 4 heterocycles. The fourth-order valence-corrected chi connectivity index (χ4v) is 4.03. The Morgan fingerprint density at radius 1 is 1.11 bits per heavy atom. The molecule has 0 bridgehead atoms. The van der Waals surface area contributed by atoms with Gasteiger partial charge >= 0.3 is 0 Å². The maximum Gasteiger partial charge on any atom is 0.138 e. The van der Waals surface area contributed by atoms with E-state index in [1.165, 1.54) is 0 Å². The molecule has 0 N–H and O–H groups in total. The monoisotopic (exact) mass is 356 g/mol. The zero-order valence-electron chi connectivity index (χ0n) is 15.2. The summed E-state index contributed by atoms with van der Waals surface area (Å²) < 4.78 is 4.11. The topological polar surface area (TPSA) is 62.2 Å². The van der Waals surface area contributed by atoms with E-state index in [2.05, 4.69) is 55.8 Å². The summed E-state index contributed by atoms with van der Waals surface area (Å²) >= 11 is 0. The number of fused-ring (bicyclic) bond motifs is 2. The van der Waals surface area contributed by atoms with Crippen molar-refractivity contribution in [1.82, 2.24) is 19.2 Å². The average molecular weight is 356 g/mol. The molecule has 0 spiro atoms. The van der Waals surface area contributed by atoms with Crippen LogP contribution in [0.15, 0.2) is 48.8 Å². The fraction of sp³-hybridized carbons (Fsp3) is 0.286. The van der Waals surface area contributed by atoms with E-state index in [9.17, 15) is 5.26 Å². The van der Waals surface area contributed by atoms with Crippen LogP contribution >= 0.6 is 0 Å².